The highest BCUT2D eigenvalue weighted by molar-refractivity contribution is 7.46. The van der Waals surface area contributed by atoms with E-state index in [0.717, 1.165) is 0 Å². The van der Waals surface area contributed by atoms with Gasteiger partial charge in [-0.2, -0.15) is 0 Å². The van der Waals surface area contributed by atoms with Crippen LogP contribution in [-0.2, 0) is 41.3 Å². The van der Waals surface area contributed by atoms with E-state index in [-0.39, 0.29) is 25.8 Å². The average molecular weight is 451 g/mol. The number of nitrogens with zero attached hydrogens (tertiary/aromatic N) is 2. The Hall–Kier alpha value is -3.18. The zero-order valence-corrected chi connectivity index (χ0v) is 16.9. The third-order valence-electron chi connectivity index (χ3n) is 4.21. The Morgan fingerprint density at radius 2 is 1.81 bits per heavy atom. The fourth-order valence-corrected chi connectivity index (χ4v) is 3.13. The molecule has 12 nitrogen and oxygen atoms in total. The standard InChI is InChI=1S/C18H18N3O9P/c22-14(10-29-31(26,27)28)7-12-6-13-5-11(1-2-15(13)19-9-12)8-20-18(25)30-21-16(23)3-4-17(21)24/h1-2,5-6,9H,3-4,7-8,10H2,(H,20,25)(H2,26,27,28). The minimum Gasteiger partial charge on any atom is -0.316 e. The second-order valence-electron chi connectivity index (χ2n) is 6.66. The number of carbonyl (C=O) groups excluding carboxylic acids is 4. The average Bonchev–Trinajstić information content (AvgIpc) is 3.02. The minimum absolute atomic E-state index is 0.0000597. The van der Waals surface area contributed by atoms with Crippen LogP contribution in [0.3, 0.4) is 0 Å². The number of nitrogens with one attached hydrogen (secondary N) is 1. The maximum absolute atomic E-state index is 11.8. The molecular formula is C18H18N3O9P. The number of hydrogen-bond acceptors (Lipinski definition) is 8. The third-order valence-corrected chi connectivity index (χ3v) is 4.68. The number of imide groups is 1. The van der Waals surface area contributed by atoms with Gasteiger partial charge in [0.1, 0.15) is 6.61 Å². The summed E-state index contributed by atoms with van der Waals surface area (Å²) in [7, 11) is -4.72. The summed E-state index contributed by atoms with van der Waals surface area (Å²) in [5, 5.41) is 3.55. The quantitative estimate of drug-likeness (QED) is 0.384. The zero-order valence-electron chi connectivity index (χ0n) is 16.0. The van der Waals surface area contributed by atoms with Gasteiger partial charge in [0.05, 0.1) is 5.52 Å². The van der Waals surface area contributed by atoms with Crippen molar-refractivity contribution in [3.05, 3.63) is 41.6 Å². The lowest BCUT2D eigenvalue weighted by Crippen LogP contribution is -2.36. The number of hydrogen-bond donors (Lipinski definition) is 3. The van der Waals surface area contributed by atoms with Crippen molar-refractivity contribution in [2.45, 2.75) is 25.8 Å². The second kappa shape index (κ2) is 9.31. The fourth-order valence-electron chi connectivity index (χ4n) is 2.82. The van der Waals surface area contributed by atoms with Crippen molar-refractivity contribution in [2.75, 3.05) is 6.61 Å². The van der Waals surface area contributed by atoms with Gasteiger partial charge in [0.25, 0.3) is 11.8 Å². The van der Waals surface area contributed by atoms with E-state index in [1.54, 1.807) is 24.3 Å². The number of rotatable bonds is 8. The monoisotopic (exact) mass is 451 g/mol. The molecule has 2 heterocycles. The number of benzene rings is 1. The van der Waals surface area contributed by atoms with E-state index in [4.69, 9.17) is 14.6 Å². The maximum Gasteiger partial charge on any atom is 0.470 e. The van der Waals surface area contributed by atoms with Crippen LogP contribution in [0.25, 0.3) is 10.9 Å². The Labute approximate surface area is 175 Å². The first-order valence-corrected chi connectivity index (χ1v) is 10.5. The molecule has 1 aliphatic rings. The molecule has 1 aromatic heterocycles. The Morgan fingerprint density at radius 3 is 2.48 bits per heavy atom. The molecule has 0 spiro atoms. The summed E-state index contributed by atoms with van der Waals surface area (Å²) in [6.07, 6.45) is 0.388. The molecule has 31 heavy (non-hydrogen) atoms. The minimum atomic E-state index is -4.72. The highest BCUT2D eigenvalue weighted by Gasteiger charge is 2.32. The van der Waals surface area contributed by atoms with E-state index in [1.165, 1.54) is 6.20 Å². The van der Waals surface area contributed by atoms with Gasteiger partial charge < -0.3 is 19.9 Å². The first-order chi connectivity index (χ1) is 14.6. The molecule has 1 saturated heterocycles. The summed E-state index contributed by atoms with van der Waals surface area (Å²) >= 11 is 0. The van der Waals surface area contributed by atoms with Crippen LogP contribution >= 0.6 is 7.82 Å². The molecule has 3 N–H and O–H groups in total. The number of aromatic nitrogens is 1. The SMILES string of the molecule is O=C(COP(=O)(O)O)Cc1cnc2ccc(CNC(=O)ON3C(=O)CCC3=O)cc2c1. The number of amides is 3. The van der Waals surface area contributed by atoms with Gasteiger partial charge in [-0.1, -0.05) is 6.07 Å². The lowest BCUT2D eigenvalue weighted by molar-refractivity contribution is -0.171. The van der Waals surface area contributed by atoms with E-state index in [0.29, 0.717) is 27.1 Å². The molecule has 3 rings (SSSR count). The van der Waals surface area contributed by atoms with Gasteiger partial charge in [0.2, 0.25) is 0 Å². The number of carbonyl (C=O) groups is 4. The molecule has 0 aliphatic carbocycles. The zero-order chi connectivity index (χ0) is 22.6. The van der Waals surface area contributed by atoms with Crippen LogP contribution in [-0.4, -0.2) is 50.1 Å². The predicted molar refractivity (Wildman–Crippen MR) is 103 cm³/mol. The molecule has 0 saturated carbocycles. The summed E-state index contributed by atoms with van der Waals surface area (Å²) in [5.41, 5.74) is 1.81. The molecule has 3 amide bonds. The number of fused-ring (bicyclic) bond motifs is 1. The van der Waals surface area contributed by atoms with E-state index < -0.39 is 38.1 Å². The summed E-state index contributed by atoms with van der Waals surface area (Å²) in [5.74, 6) is -1.69. The number of ketones is 1. The molecule has 0 radical (unpaired) electrons. The van der Waals surface area contributed by atoms with Gasteiger partial charge in [-0.05, 0) is 29.3 Å². The van der Waals surface area contributed by atoms with E-state index in [1.807, 2.05) is 0 Å². The summed E-state index contributed by atoms with van der Waals surface area (Å²) < 4.78 is 14.9. The van der Waals surface area contributed by atoms with Crippen molar-refractivity contribution in [1.29, 1.82) is 0 Å². The van der Waals surface area contributed by atoms with Crippen LogP contribution in [0.15, 0.2) is 30.5 Å². The molecular weight excluding hydrogens is 433 g/mol. The first kappa shape index (κ1) is 22.5. The van der Waals surface area contributed by atoms with Crippen molar-refractivity contribution in [1.82, 2.24) is 15.4 Å². The summed E-state index contributed by atoms with van der Waals surface area (Å²) in [4.78, 5) is 72.8. The Balaban J connectivity index is 1.60. The normalized spacial score (nSPS) is 14.2. The van der Waals surface area contributed by atoms with Crippen molar-refractivity contribution < 1.29 is 42.9 Å². The van der Waals surface area contributed by atoms with Gasteiger partial charge in [-0.3, -0.25) is 23.9 Å². The van der Waals surface area contributed by atoms with Crippen LogP contribution in [0.1, 0.15) is 24.0 Å². The highest BCUT2D eigenvalue weighted by atomic mass is 31.2. The third kappa shape index (κ3) is 6.40. The highest BCUT2D eigenvalue weighted by Crippen LogP contribution is 2.35. The Bertz CT molecular complexity index is 1080. The molecule has 0 unspecified atom stereocenters. The number of pyridine rings is 1. The molecule has 0 atom stereocenters. The fraction of sp³-hybridized carbons (Fsp3) is 0.278. The summed E-state index contributed by atoms with van der Waals surface area (Å²) in [6, 6.07) is 6.81. The number of phosphoric acid groups is 1. The van der Waals surface area contributed by atoms with Gasteiger partial charge in [-0.15, -0.1) is 5.06 Å². The number of phosphoric ester groups is 1. The van der Waals surface area contributed by atoms with Crippen LogP contribution in [0.5, 0.6) is 0 Å². The Kier molecular flexibility index (Phi) is 6.76. The Morgan fingerprint density at radius 1 is 1.13 bits per heavy atom. The van der Waals surface area contributed by atoms with Crippen molar-refractivity contribution in [3.8, 4) is 0 Å². The van der Waals surface area contributed by atoms with E-state index in [2.05, 4.69) is 14.8 Å². The molecule has 2 aromatic rings. The molecule has 164 valence electrons. The molecule has 0 bridgehead atoms. The van der Waals surface area contributed by atoms with Crippen LogP contribution in [0.2, 0.25) is 0 Å². The van der Waals surface area contributed by atoms with Crippen molar-refractivity contribution >= 4 is 42.4 Å². The number of Topliss-reactive ketones (excluding diaryl/α,β-unsaturated/α-hetero) is 1. The van der Waals surface area contributed by atoms with Crippen LogP contribution in [0.4, 0.5) is 4.79 Å². The first-order valence-electron chi connectivity index (χ1n) is 9.01. The topological polar surface area (TPSA) is 172 Å². The van der Waals surface area contributed by atoms with Crippen molar-refractivity contribution in [3.63, 3.8) is 0 Å². The van der Waals surface area contributed by atoms with Gasteiger partial charge >= 0.3 is 13.9 Å². The van der Waals surface area contributed by atoms with Gasteiger partial charge in [0, 0.05) is 37.4 Å². The van der Waals surface area contributed by atoms with E-state index >= 15 is 0 Å². The smallest absolute Gasteiger partial charge is 0.316 e. The van der Waals surface area contributed by atoms with Crippen LogP contribution < -0.4 is 5.32 Å². The lowest BCUT2D eigenvalue weighted by atomic mass is 10.1. The van der Waals surface area contributed by atoms with Crippen LogP contribution in [0, 0.1) is 0 Å². The predicted octanol–water partition coefficient (Wildman–Crippen LogP) is 0.746. The molecule has 1 aliphatic heterocycles. The van der Waals surface area contributed by atoms with Gasteiger partial charge in [-0.25, -0.2) is 9.36 Å². The van der Waals surface area contributed by atoms with Gasteiger partial charge in [0.15, 0.2) is 5.78 Å². The second-order valence-corrected chi connectivity index (χ2v) is 7.90. The van der Waals surface area contributed by atoms with E-state index in [9.17, 15) is 23.7 Å². The molecule has 13 heteroatoms. The number of hydroxylamine groups is 2. The largest absolute Gasteiger partial charge is 0.470 e. The molecule has 1 fully saturated rings. The lowest BCUT2D eigenvalue weighted by Gasteiger charge is -2.13. The maximum atomic E-state index is 11.8. The summed E-state index contributed by atoms with van der Waals surface area (Å²) in [6.45, 7) is -0.680. The van der Waals surface area contributed by atoms with Crippen molar-refractivity contribution in [2.24, 2.45) is 0 Å². The molecule has 1 aromatic carbocycles.